The van der Waals surface area contributed by atoms with Crippen molar-refractivity contribution in [2.24, 2.45) is 0 Å². The highest BCUT2D eigenvalue weighted by molar-refractivity contribution is 5.92. The van der Waals surface area contributed by atoms with Gasteiger partial charge in [0.25, 0.3) is 5.91 Å². The maximum atomic E-state index is 12.4. The van der Waals surface area contributed by atoms with Gasteiger partial charge in [0.1, 0.15) is 11.5 Å². The second-order valence-corrected chi connectivity index (χ2v) is 6.12. The first-order valence-electron chi connectivity index (χ1n) is 8.21. The average molecular weight is 288 g/mol. The Morgan fingerprint density at radius 2 is 1.71 bits per heavy atom. The molecule has 5 nitrogen and oxygen atoms in total. The van der Waals surface area contributed by atoms with E-state index in [0.29, 0.717) is 11.7 Å². The zero-order chi connectivity index (χ0) is 14.5. The normalized spacial score (nSPS) is 20.3. The predicted octanol–water partition coefficient (Wildman–Crippen LogP) is 2.85. The van der Waals surface area contributed by atoms with Crippen molar-refractivity contribution >= 4 is 11.7 Å². The molecule has 1 amide bonds. The summed E-state index contributed by atoms with van der Waals surface area (Å²) in [5.74, 6) is 0.811. The number of nitrogens with zero attached hydrogens (tertiary/aromatic N) is 3. The molecule has 114 valence electrons. The Labute approximate surface area is 126 Å². The minimum Gasteiger partial charge on any atom is -0.366 e. The van der Waals surface area contributed by atoms with Gasteiger partial charge in [-0.05, 0) is 25.7 Å². The number of likely N-dealkylation sites (tertiary alicyclic amines) is 1. The molecular weight excluding hydrogens is 264 g/mol. The van der Waals surface area contributed by atoms with Crippen molar-refractivity contribution in [2.75, 3.05) is 18.4 Å². The van der Waals surface area contributed by atoms with Crippen LogP contribution >= 0.6 is 0 Å². The van der Waals surface area contributed by atoms with Crippen LogP contribution in [0.15, 0.2) is 12.4 Å². The molecule has 0 radical (unpaired) electrons. The maximum absolute atomic E-state index is 12.4. The molecule has 2 fully saturated rings. The highest BCUT2D eigenvalue weighted by atomic mass is 16.2. The molecule has 0 atom stereocenters. The van der Waals surface area contributed by atoms with Gasteiger partial charge in [-0.2, -0.15) is 0 Å². The summed E-state index contributed by atoms with van der Waals surface area (Å²) in [4.78, 5) is 23.0. The van der Waals surface area contributed by atoms with Crippen LogP contribution in [0.2, 0.25) is 0 Å². The van der Waals surface area contributed by atoms with Crippen molar-refractivity contribution in [3.05, 3.63) is 18.1 Å². The van der Waals surface area contributed by atoms with Crippen LogP contribution in [-0.4, -0.2) is 39.9 Å². The molecule has 0 spiro atoms. The summed E-state index contributed by atoms with van der Waals surface area (Å²) < 4.78 is 0. The summed E-state index contributed by atoms with van der Waals surface area (Å²) in [6, 6.07) is 0.520. The van der Waals surface area contributed by atoms with Crippen LogP contribution < -0.4 is 5.32 Å². The lowest BCUT2D eigenvalue weighted by Crippen LogP contribution is -2.32. The van der Waals surface area contributed by atoms with E-state index in [-0.39, 0.29) is 5.91 Å². The Kier molecular flexibility index (Phi) is 4.68. The monoisotopic (exact) mass is 288 g/mol. The van der Waals surface area contributed by atoms with Crippen molar-refractivity contribution < 1.29 is 4.79 Å². The Morgan fingerprint density at radius 3 is 2.33 bits per heavy atom. The lowest BCUT2D eigenvalue weighted by atomic mass is 10.2. The van der Waals surface area contributed by atoms with Gasteiger partial charge in [0.05, 0.1) is 12.4 Å². The van der Waals surface area contributed by atoms with Crippen molar-refractivity contribution in [2.45, 2.75) is 57.4 Å². The minimum absolute atomic E-state index is 0.0248. The molecule has 1 aliphatic heterocycles. The average Bonchev–Trinajstić information content (AvgIpc) is 2.87. The molecular formula is C16H24N4O. The first kappa shape index (κ1) is 14.3. The van der Waals surface area contributed by atoms with Crippen molar-refractivity contribution in [1.29, 1.82) is 0 Å². The van der Waals surface area contributed by atoms with Gasteiger partial charge in [-0.15, -0.1) is 0 Å². The minimum atomic E-state index is 0.0248. The van der Waals surface area contributed by atoms with Gasteiger partial charge in [0.2, 0.25) is 0 Å². The number of amides is 1. The SMILES string of the molecule is O=C(c1cnc(NC2CCCC2)cn1)N1CCCCCC1. The van der Waals surface area contributed by atoms with Gasteiger partial charge in [-0.25, -0.2) is 9.97 Å². The van der Waals surface area contributed by atoms with E-state index >= 15 is 0 Å². The summed E-state index contributed by atoms with van der Waals surface area (Å²) in [7, 11) is 0. The number of aromatic nitrogens is 2. The number of carbonyl (C=O) groups excluding carboxylic acids is 1. The van der Waals surface area contributed by atoms with Gasteiger partial charge in [-0.3, -0.25) is 4.79 Å². The predicted molar refractivity (Wildman–Crippen MR) is 82.3 cm³/mol. The zero-order valence-corrected chi connectivity index (χ0v) is 12.6. The molecule has 2 aliphatic rings. The van der Waals surface area contributed by atoms with E-state index in [2.05, 4.69) is 15.3 Å². The van der Waals surface area contributed by atoms with E-state index < -0.39 is 0 Å². The summed E-state index contributed by atoms with van der Waals surface area (Å²) in [5.41, 5.74) is 0.467. The van der Waals surface area contributed by atoms with Gasteiger partial charge < -0.3 is 10.2 Å². The Bertz CT molecular complexity index is 460. The number of carbonyl (C=O) groups is 1. The molecule has 2 heterocycles. The molecule has 1 aliphatic carbocycles. The zero-order valence-electron chi connectivity index (χ0n) is 12.6. The molecule has 1 saturated heterocycles. The fraction of sp³-hybridized carbons (Fsp3) is 0.688. The first-order valence-corrected chi connectivity index (χ1v) is 8.21. The van der Waals surface area contributed by atoms with Crippen molar-refractivity contribution in [3.8, 4) is 0 Å². The number of nitrogens with one attached hydrogen (secondary N) is 1. The standard InChI is InChI=1S/C16H24N4O/c21-16(20-9-5-1-2-6-10-20)14-11-18-15(12-17-14)19-13-7-3-4-8-13/h11-13H,1-10H2,(H,18,19). The first-order chi connectivity index (χ1) is 10.3. The molecule has 1 aromatic rings. The molecule has 1 N–H and O–H groups in total. The highest BCUT2D eigenvalue weighted by Gasteiger charge is 2.19. The van der Waals surface area contributed by atoms with Gasteiger partial charge in [-0.1, -0.05) is 25.7 Å². The second kappa shape index (κ2) is 6.87. The van der Waals surface area contributed by atoms with Crippen LogP contribution in [-0.2, 0) is 0 Å². The van der Waals surface area contributed by atoms with Gasteiger partial charge in [0.15, 0.2) is 0 Å². The topological polar surface area (TPSA) is 58.1 Å². The van der Waals surface area contributed by atoms with Crippen LogP contribution in [0.25, 0.3) is 0 Å². The van der Waals surface area contributed by atoms with E-state index in [4.69, 9.17) is 0 Å². The summed E-state index contributed by atoms with van der Waals surface area (Å²) in [6.07, 6.45) is 12.9. The van der Waals surface area contributed by atoms with Gasteiger partial charge in [0, 0.05) is 19.1 Å². The van der Waals surface area contributed by atoms with Gasteiger partial charge >= 0.3 is 0 Å². The second-order valence-electron chi connectivity index (χ2n) is 6.12. The fourth-order valence-electron chi connectivity index (χ4n) is 3.23. The largest absolute Gasteiger partial charge is 0.366 e. The quantitative estimate of drug-likeness (QED) is 0.929. The summed E-state index contributed by atoms with van der Waals surface area (Å²) in [6.45, 7) is 1.70. The Morgan fingerprint density at radius 1 is 1.00 bits per heavy atom. The molecule has 0 unspecified atom stereocenters. The van der Waals surface area contributed by atoms with E-state index in [9.17, 15) is 4.79 Å². The van der Waals surface area contributed by atoms with Crippen LogP contribution in [0.1, 0.15) is 61.9 Å². The van der Waals surface area contributed by atoms with Crippen molar-refractivity contribution in [1.82, 2.24) is 14.9 Å². The van der Waals surface area contributed by atoms with Crippen molar-refractivity contribution in [3.63, 3.8) is 0 Å². The third-order valence-corrected chi connectivity index (χ3v) is 4.47. The third kappa shape index (κ3) is 3.71. The molecule has 21 heavy (non-hydrogen) atoms. The number of anilines is 1. The van der Waals surface area contributed by atoms with E-state index in [0.717, 1.165) is 31.7 Å². The van der Waals surface area contributed by atoms with E-state index in [1.54, 1.807) is 12.4 Å². The van der Waals surface area contributed by atoms with Crippen LogP contribution in [0.4, 0.5) is 5.82 Å². The lowest BCUT2D eigenvalue weighted by molar-refractivity contribution is 0.0755. The number of hydrogen-bond donors (Lipinski definition) is 1. The number of rotatable bonds is 3. The molecule has 3 rings (SSSR count). The Balaban J connectivity index is 1.61. The molecule has 5 heteroatoms. The molecule has 1 saturated carbocycles. The molecule has 1 aromatic heterocycles. The lowest BCUT2D eigenvalue weighted by Gasteiger charge is -2.19. The number of hydrogen-bond acceptors (Lipinski definition) is 4. The smallest absolute Gasteiger partial charge is 0.274 e. The highest BCUT2D eigenvalue weighted by Crippen LogP contribution is 2.21. The molecule has 0 bridgehead atoms. The third-order valence-electron chi connectivity index (χ3n) is 4.47. The van der Waals surface area contributed by atoms with Crippen LogP contribution in [0.3, 0.4) is 0 Å². The summed E-state index contributed by atoms with van der Waals surface area (Å²) in [5, 5.41) is 3.40. The van der Waals surface area contributed by atoms with Crippen LogP contribution in [0, 0.1) is 0 Å². The Hall–Kier alpha value is -1.65. The maximum Gasteiger partial charge on any atom is 0.274 e. The van der Waals surface area contributed by atoms with E-state index in [1.807, 2.05) is 4.90 Å². The fourth-order valence-corrected chi connectivity index (χ4v) is 3.23. The van der Waals surface area contributed by atoms with Crippen LogP contribution in [0.5, 0.6) is 0 Å². The summed E-state index contributed by atoms with van der Waals surface area (Å²) >= 11 is 0. The van der Waals surface area contributed by atoms with E-state index in [1.165, 1.54) is 38.5 Å². The molecule has 0 aromatic carbocycles.